The summed E-state index contributed by atoms with van der Waals surface area (Å²) in [6.45, 7) is 0. The molecule has 0 saturated carbocycles. The second-order valence-electron chi connectivity index (χ2n) is 4.13. The molecule has 0 amide bonds. The van der Waals surface area contributed by atoms with Gasteiger partial charge < -0.3 is 10.5 Å². The molecule has 0 spiro atoms. The minimum absolute atomic E-state index is 0.0908. The summed E-state index contributed by atoms with van der Waals surface area (Å²) in [4.78, 5) is 3.85. The van der Waals surface area contributed by atoms with E-state index in [-0.39, 0.29) is 16.5 Å². The van der Waals surface area contributed by atoms with E-state index < -0.39 is 9.84 Å². The summed E-state index contributed by atoms with van der Waals surface area (Å²) in [5.41, 5.74) is 6.45. The van der Waals surface area contributed by atoms with Gasteiger partial charge in [-0.2, -0.15) is 0 Å². The van der Waals surface area contributed by atoms with E-state index in [1.807, 2.05) is 0 Å². The Morgan fingerprint density at radius 3 is 2.70 bits per heavy atom. The first-order valence-corrected chi connectivity index (χ1v) is 8.14. The molecule has 0 bridgehead atoms. The van der Waals surface area contributed by atoms with Crippen molar-refractivity contribution < 1.29 is 13.2 Å². The highest BCUT2D eigenvalue weighted by atomic mass is 79.9. The van der Waals surface area contributed by atoms with Crippen molar-refractivity contribution in [3.8, 4) is 5.75 Å². The van der Waals surface area contributed by atoms with Crippen LogP contribution in [-0.2, 0) is 15.6 Å². The topological polar surface area (TPSA) is 82.3 Å². The molecule has 1 heterocycles. The molecule has 0 saturated heterocycles. The molecule has 2 N–H and O–H groups in total. The van der Waals surface area contributed by atoms with E-state index in [9.17, 15) is 8.42 Å². The number of sulfone groups is 1. The Kier molecular flexibility index (Phi) is 4.29. The summed E-state index contributed by atoms with van der Waals surface area (Å²) < 4.78 is 30.4. The normalized spacial score (nSPS) is 11.3. The van der Waals surface area contributed by atoms with Crippen LogP contribution >= 0.6 is 15.9 Å². The van der Waals surface area contributed by atoms with E-state index in [1.54, 1.807) is 31.4 Å². The predicted molar refractivity (Wildman–Crippen MR) is 80.2 cm³/mol. The Bertz CT molecular complexity index is 732. The van der Waals surface area contributed by atoms with E-state index >= 15 is 0 Å². The zero-order chi connectivity index (χ0) is 14.8. The van der Waals surface area contributed by atoms with Gasteiger partial charge in [-0.25, -0.2) is 13.4 Å². The molecular formula is C13H13BrN2O3S. The molecule has 0 radical (unpaired) electrons. The minimum atomic E-state index is -3.58. The number of ether oxygens (including phenoxy) is 1. The fourth-order valence-electron chi connectivity index (χ4n) is 1.75. The number of nitrogens with zero attached hydrogens (tertiary/aromatic N) is 1. The Morgan fingerprint density at radius 2 is 2.10 bits per heavy atom. The quantitative estimate of drug-likeness (QED) is 0.909. The van der Waals surface area contributed by atoms with Crippen molar-refractivity contribution in [2.75, 3.05) is 12.8 Å². The van der Waals surface area contributed by atoms with E-state index in [0.717, 1.165) is 0 Å². The van der Waals surface area contributed by atoms with Crippen LogP contribution in [0.5, 0.6) is 5.75 Å². The molecule has 1 aromatic heterocycles. The van der Waals surface area contributed by atoms with Gasteiger partial charge in [0.2, 0.25) is 9.84 Å². The number of benzene rings is 1. The molecule has 1 aromatic carbocycles. The molecule has 0 aliphatic heterocycles. The Labute approximate surface area is 125 Å². The standard InChI is InChI=1S/C13H13BrN2O3S/c1-19-12-5-4-9(7-10(12)14)8-20(17,18)13-11(15)3-2-6-16-13/h2-7H,8,15H2,1H3. The van der Waals surface area contributed by atoms with Gasteiger partial charge >= 0.3 is 0 Å². The van der Waals surface area contributed by atoms with Crippen LogP contribution in [0, 0.1) is 0 Å². The number of methoxy groups -OCH3 is 1. The number of halogens is 1. The SMILES string of the molecule is COc1ccc(CS(=O)(=O)c2ncccc2N)cc1Br. The van der Waals surface area contributed by atoms with Gasteiger partial charge in [0.05, 0.1) is 23.0 Å². The number of aromatic nitrogens is 1. The highest BCUT2D eigenvalue weighted by Crippen LogP contribution is 2.27. The van der Waals surface area contributed by atoms with Gasteiger partial charge in [-0.3, -0.25) is 0 Å². The molecule has 7 heteroatoms. The third-order valence-corrected chi connectivity index (χ3v) is 4.93. The average molecular weight is 357 g/mol. The Balaban J connectivity index is 2.34. The first-order chi connectivity index (χ1) is 9.44. The van der Waals surface area contributed by atoms with Crippen LogP contribution < -0.4 is 10.5 Å². The van der Waals surface area contributed by atoms with Crippen molar-refractivity contribution >= 4 is 31.5 Å². The van der Waals surface area contributed by atoms with Crippen molar-refractivity contribution in [2.24, 2.45) is 0 Å². The van der Waals surface area contributed by atoms with E-state index in [2.05, 4.69) is 20.9 Å². The maximum Gasteiger partial charge on any atom is 0.201 e. The second-order valence-corrected chi connectivity index (χ2v) is 6.88. The highest BCUT2D eigenvalue weighted by molar-refractivity contribution is 9.10. The number of pyridine rings is 1. The molecule has 2 aromatic rings. The minimum Gasteiger partial charge on any atom is -0.496 e. The lowest BCUT2D eigenvalue weighted by Crippen LogP contribution is -2.10. The largest absolute Gasteiger partial charge is 0.496 e. The molecule has 0 unspecified atom stereocenters. The third-order valence-electron chi connectivity index (χ3n) is 2.67. The number of rotatable bonds is 4. The lowest BCUT2D eigenvalue weighted by molar-refractivity contribution is 0.412. The lowest BCUT2D eigenvalue weighted by atomic mass is 10.2. The van der Waals surface area contributed by atoms with Crippen molar-refractivity contribution in [1.29, 1.82) is 0 Å². The first-order valence-electron chi connectivity index (χ1n) is 5.69. The Hall–Kier alpha value is -1.60. The van der Waals surface area contributed by atoms with Gasteiger partial charge in [0.25, 0.3) is 0 Å². The zero-order valence-electron chi connectivity index (χ0n) is 10.7. The predicted octanol–water partition coefficient (Wildman–Crippen LogP) is 2.41. The molecule has 0 atom stereocenters. The molecule has 0 fully saturated rings. The van der Waals surface area contributed by atoms with Gasteiger partial charge in [0, 0.05) is 6.20 Å². The molecule has 20 heavy (non-hydrogen) atoms. The number of hydrogen-bond acceptors (Lipinski definition) is 5. The maximum absolute atomic E-state index is 12.3. The van der Waals surface area contributed by atoms with E-state index in [4.69, 9.17) is 10.5 Å². The average Bonchev–Trinajstić information content (AvgIpc) is 2.38. The summed E-state index contributed by atoms with van der Waals surface area (Å²) in [6.07, 6.45) is 1.41. The molecule has 5 nitrogen and oxygen atoms in total. The fourth-order valence-corrected chi connectivity index (χ4v) is 3.74. The van der Waals surface area contributed by atoms with Crippen LogP contribution in [0.4, 0.5) is 5.69 Å². The zero-order valence-corrected chi connectivity index (χ0v) is 13.1. The summed E-state index contributed by atoms with van der Waals surface area (Å²) in [7, 11) is -2.03. The van der Waals surface area contributed by atoms with Crippen LogP contribution in [0.15, 0.2) is 46.0 Å². The van der Waals surface area contributed by atoms with Gasteiger partial charge in [-0.1, -0.05) is 6.07 Å². The van der Waals surface area contributed by atoms with Crippen molar-refractivity contribution in [1.82, 2.24) is 4.98 Å². The smallest absolute Gasteiger partial charge is 0.201 e. The van der Waals surface area contributed by atoms with E-state index in [1.165, 1.54) is 12.3 Å². The second kappa shape index (κ2) is 5.80. The van der Waals surface area contributed by atoms with E-state index in [0.29, 0.717) is 15.8 Å². The fraction of sp³-hybridized carbons (Fsp3) is 0.154. The van der Waals surface area contributed by atoms with Crippen LogP contribution in [0.25, 0.3) is 0 Å². The highest BCUT2D eigenvalue weighted by Gasteiger charge is 2.20. The summed E-state index contributed by atoms with van der Waals surface area (Å²) in [6, 6.07) is 8.22. The number of anilines is 1. The van der Waals surface area contributed by atoms with Crippen molar-refractivity contribution in [3.05, 3.63) is 46.6 Å². The molecule has 106 valence electrons. The summed E-state index contributed by atoms with van der Waals surface area (Å²) in [5, 5.41) is -0.0908. The maximum atomic E-state index is 12.3. The molecular weight excluding hydrogens is 344 g/mol. The van der Waals surface area contributed by atoms with Gasteiger partial charge in [-0.15, -0.1) is 0 Å². The first kappa shape index (κ1) is 14.8. The summed E-state index contributed by atoms with van der Waals surface area (Å²) >= 11 is 3.33. The molecule has 0 aliphatic carbocycles. The number of hydrogen-bond donors (Lipinski definition) is 1. The number of nitrogens with two attached hydrogens (primary N) is 1. The number of nitrogen functional groups attached to an aromatic ring is 1. The van der Waals surface area contributed by atoms with Gasteiger partial charge in [-0.05, 0) is 45.8 Å². The van der Waals surface area contributed by atoms with Crippen molar-refractivity contribution in [2.45, 2.75) is 10.8 Å². The lowest BCUT2D eigenvalue weighted by Gasteiger charge is -2.08. The third kappa shape index (κ3) is 3.10. The van der Waals surface area contributed by atoms with Crippen LogP contribution in [-0.4, -0.2) is 20.5 Å². The van der Waals surface area contributed by atoms with Crippen molar-refractivity contribution in [3.63, 3.8) is 0 Å². The van der Waals surface area contributed by atoms with Gasteiger partial charge in [0.1, 0.15) is 5.75 Å². The monoisotopic (exact) mass is 356 g/mol. The molecule has 2 rings (SSSR count). The summed E-state index contributed by atoms with van der Waals surface area (Å²) in [5.74, 6) is 0.472. The van der Waals surface area contributed by atoms with Crippen LogP contribution in [0.1, 0.15) is 5.56 Å². The molecule has 0 aliphatic rings. The van der Waals surface area contributed by atoms with Crippen LogP contribution in [0.2, 0.25) is 0 Å². The Morgan fingerprint density at radius 1 is 1.35 bits per heavy atom. The van der Waals surface area contributed by atoms with Gasteiger partial charge in [0.15, 0.2) is 5.03 Å². The van der Waals surface area contributed by atoms with Crippen LogP contribution in [0.3, 0.4) is 0 Å².